The normalized spacial score (nSPS) is 17.5. The molecule has 3 N–H and O–H groups in total. The van der Waals surface area contributed by atoms with Crippen molar-refractivity contribution < 1.29 is 4.79 Å². The van der Waals surface area contributed by atoms with Gasteiger partial charge in [0.2, 0.25) is 0 Å². The van der Waals surface area contributed by atoms with E-state index in [0.717, 1.165) is 5.69 Å². The van der Waals surface area contributed by atoms with Gasteiger partial charge >= 0.3 is 0 Å². The van der Waals surface area contributed by atoms with Gasteiger partial charge in [0.25, 0.3) is 0 Å². The number of hydrogen-bond acceptors (Lipinski definition) is 3. The van der Waals surface area contributed by atoms with Gasteiger partial charge in [-0.15, -0.1) is 0 Å². The van der Waals surface area contributed by atoms with Crippen molar-refractivity contribution in [1.82, 2.24) is 0 Å². The predicted octanol–water partition coefficient (Wildman–Crippen LogP) is 4.00. The fourth-order valence-corrected chi connectivity index (χ4v) is 2.81. The number of Topliss-reactive ketones (excluding diaryl/α,β-unsaturated/α-hetero) is 1. The van der Waals surface area contributed by atoms with Crippen LogP contribution in [0.4, 0.5) is 11.4 Å². The first-order valence-electron chi connectivity index (χ1n) is 7.34. The number of benzene rings is 1. The van der Waals surface area contributed by atoms with Crippen LogP contribution >= 0.6 is 0 Å². The molecule has 3 heteroatoms. The number of rotatable bonds is 3. The Bertz CT molecular complexity index is 434. The molecule has 1 aromatic carbocycles. The van der Waals surface area contributed by atoms with Gasteiger partial charge in [0.15, 0.2) is 5.78 Å². The Morgan fingerprint density at radius 3 is 2.37 bits per heavy atom. The van der Waals surface area contributed by atoms with E-state index in [-0.39, 0.29) is 5.78 Å². The molecule has 1 saturated carbocycles. The summed E-state index contributed by atoms with van der Waals surface area (Å²) in [6.07, 6.45) is 9.15. The van der Waals surface area contributed by atoms with Gasteiger partial charge in [-0.2, -0.15) is 0 Å². The van der Waals surface area contributed by atoms with Gasteiger partial charge in [-0.3, -0.25) is 4.79 Å². The van der Waals surface area contributed by atoms with Crippen molar-refractivity contribution in [3.8, 4) is 0 Å². The highest BCUT2D eigenvalue weighted by Crippen LogP contribution is 2.23. The maximum absolute atomic E-state index is 11.4. The van der Waals surface area contributed by atoms with Crippen molar-refractivity contribution in [3.05, 3.63) is 23.8 Å². The van der Waals surface area contributed by atoms with Gasteiger partial charge in [-0.25, -0.2) is 0 Å². The summed E-state index contributed by atoms with van der Waals surface area (Å²) in [5, 5.41) is 3.56. The first-order chi connectivity index (χ1) is 9.16. The van der Waals surface area contributed by atoms with Gasteiger partial charge < -0.3 is 11.1 Å². The molecule has 0 bridgehead atoms. The van der Waals surface area contributed by atoms with Crippen LogP contribution in [0.5, 0.6) is 0 Å². The fraction of sp³-hybridized carbons (Fsp3) is 0.562. The smallest absolute Gasteiger partial charge is 0.161 e. The maximum atomic E-state index is 11.4. The van der Waals surface area contributed by atoms with Gasteiger partial charge in [-0.05, 0) is 38.0 Å². The minimum absolute atomic E-state index is 0.0232. The number of ketones is 1. The molecule has 1 aromatic rings. The van der Waals surface area contributed by atoms with E-state index in [1.165, 1.54) is 44.9 Å². The monoisotopic (exact) mass is 260 g/mol. The van der Waals surface area contributed by atoms with Crippen LogP contribution in [0.3, 0.4) is 0 Å². The molecule has 0 aromatic heterocycles. The van der Waals surface area contributed by atoms with E-state index in [9.17, 15) is 4.79 Å². The lowest BCUT2D eigenvalue weighted by atomic mass is 9.96. The molecule has 3 nitrogen and oxygen atoms in total. The van der Waals surface area contributed by atoms with Crippen molar-refractivity contribution >= 4 is 17.2 Å². The number of carbonyl (C=O) groups is 1. The van der Waals surface area contributed by atoms with Gasteiger partial charge in [0.1, 0.15) is 0 Å². The Morgan fingerprint density at radius 2 is 1.79 bits per heavy atom. The maximum Gasteiger partial charge on any atom is 0.161 e. The predicted molar refractivity (Wildman–Crippen MR) is 80.6 cm³/mol. The van der Waals surface area contributed by atoms with Crippen LogP contribution in [-0.2, 0) is 0 Å². The molecule has 0 saturated heterocycles. The summed E-state index contributed by atoms with van der Waals surface area (Å²) < 4.78 is 0. The fourth-order valence-electron chi connectivity index (χ4n) is 2.81. The minimum atomic E-state index is 0.0232. The van der Waals surface area contributed by atoms with E-state index >= 15 is 0 Å². The lowest BCUT2D eigenvalue weighted by Gasteiger charge is -2.22. The highest BCUT2D eigenvalue weighted by Gasteiger charge is 2.12. The summed E-state index contributed by atoms with van der Waals surface area (Å²) in [6, 6.07) is 6.22. The number of anilines is 2. The van der Waals surface area contributed by atoms with E-state index in [1.54, 1.807) is 6.92 Å². The molecule has 2 rings (SSSR count). The molecule has 1 aliphatic carbocycles. The van der Waals surface area contributed by atoms with Crippen LogP contribution < -0.4 is 11.1 Å². The molecule has 0 aliphatic heterocycles. The zero-order valence-corrected chi connectivity index (χ0v) is 11.7. The summed E-state index contributed by atoms with van der Waals surface area (Å²) in [5.74, 6) is 0.0232. The molecule has 104 valence electrons. The summed E-state index contributed by atoms with van der Waals surface area (Å²) in [6.45, 7) is 1.55. The second-order valence-electron chi connectivity index (χ2n) is 5.54. The largest absolute Gasteiger partial charge is 0.398 e. The highest BCUT2D eigenvalue weighted by molar-refractivity contribution is 5.99. The van der Waals surface area contributed by atoms with Crippen LogP contribution in [0, 0.1) is 0 Å². The zero-order chi connectivity index (χ0) is 13.7. The van der Waals surface area contributed by atoms with Crippen LogP contribution in [0.25, 0.3) is 0 Å². The average Bonchev–Trinajstić information content (AvgIpc) is 2.32. The van der Waals surface area contributed by atoms with E-state index in [4.69, 9.17) is 5.73 Å². The Kier molecular flexibility index (Phi) is 4.83. The Labute approximate surface area is 115 Å². The van der Waals surface area contributed by atoms with E-state index in [0.29, 0.717) is 17.3 Å². The number of hydrogen-bond donors (Lipinski definition) is 2. The Balaban J connectivity index is 2.01. The molecular weight excluding hydrogens is 236 g/mol. The molecule has 0 amide bonds. The SMILES string of the molecule is CC(=O)c1ccc(NC2CCCCCCC2)cc1N. The van der Waals surface area contributed by atoms with E-state index in [1.807, 2.05) is 18.2 Å². The lowest BCUT2D eigenvalue weighted by molar-refractivity contribution is 0.101. The summed E-state index contributed by atoms with van der Waals surface area (Å²) in [4.78, 5) is 11.4. The van der Waals surface area contributed by atoms with Crippen LogP contribution in [0.2, 0.25) is 0 Å². The first kappa shape index (κ1) is 13.9. The molecule has 19 heavy (non-hydrogen) atoms. The van der Waals surface area contributed by atoms with Gasteiger partial charge in [0.05, 0.1) is 0 Å². The molecular formula is C16H24N2O. The van der Waals surface area contributed by atoms with Crippen LogP contribution in [0.1, 0.15) is 62.2 Å². The average molecular weight is 260 g/mol. The molecule has 0 radical (unpaired) electrons. The molecule has 1 fully saturated rings. The molecule has 0 heterocycles. The molecule has 0 spiro atoms. The second-order valence-corrected chi connectivity index (χ2v) is 5.54. The Hall–Kier alpha value is -1.51. The third kappa shape index (κ3) is 3.98. The van der Waals surface area contributed by atoms with E-state index in [2.05, 4.69) is 5.32 Å². The Morgan fingerprint density at radius 1 is 1.16 bits per heavy atom. The van der Waals surface area contributed by atoms with Crippen LogP contribution in [-0.4, -0.2) is 11.8 Å². The quantitative estimate of drug-likeness (QED) is 0.638. The zero-order valence-electron chi connectivity index (χ0n) is 11.7. The molecule has 0 unspecified atom stereocenters. The standard InChI is InChI=1S/C16H24N2O/c1-12(19)15-10-9-14(11-16(15)17)18-13-7-5-3-2-4-6-8-13/h9-11,13,18H,2-8,17H2,1H3. The first-order valence-corrected chi connectivity index (χ1v) is 7.34. The minimum Gasteiger partial charge on any atom is -0.398 e. The third-order valence-electron chi connectivity index (χ3n) is 3.91. The topological polar surface area (TPSA) is 55.1 Å². The van der Waals surface area contributed by atoms with Gasteiger partial charge in [-0.1, -0.05) is 32.1 Å². The summed E-state index contributed by atoms with van der Waals surface area (Å²) in [5.41, 5.74) is 8.14. The van der Waals surface area contributed by atoms with Crippen molar-refractivity contribution in [3.63, 3.8) is 0 Å². The second kappa shape index (κ2) is 6.60. The number of nitrogens with two attached hydrogens (primary N) is 1. The van der Waals surface area contributed by atoms with Crippen molar-refractivity contribution in [2.24, 2.45) is 0 Å². The number of carbonyl (C=O) groups excluding carboxylic acids is 1. The third-order valence-corrected chi connectivity index (χ3v) is 3.91. The summed E-state index contributed by atoms with van der Waals surface area (Å²) >= 11 is 0. The van der Waals surface area contributed by atoms with Crippen molar-refractivity contribution in [2.45, 2.75) is 57.9 Å². The number of nitrogen functional groups attached to an aromatic ring is 1. The molecule has 1 aliphatic rings. The van der Waals surface area contributed by atoms with Crippen molar-refractivity contribution in [1.29, 1.82) is 0 Å². The van der Waals surface area contributed by atoms with E-state index < -0.39 is 0 Å². The molecule has 0 atom stereocenters. The van der Waals surface area contributed by atoms with Crippen molar-refractivity contribution in [2.75, 3.05) is 11.1 Å². The van der Waals surface area contributed by atoms with Gasteiger partial charge in [0, 0.05) is 23.0 Å². The summed E-state index contributed by atoms with van der Waals surface area (Å²) in [7, 11) is 0. The van der Waals surface area contributed by atoms with Crippen LogP contribution in [0.15, 0.2) is 18.2 Å². The number of nitrogens with one attached hydrogen (secondary N) is 1. The highest BCUT2D eigenvalue weighted by atomic mass is 16.1. The lowest BCUT2D eigenvalue weighted by Crippen LogP contribution is -2.20.